The average Bonchev–Trinajstić information content (AvgIpc) is 3.22. The van der Waals surface area contributed by atoms with Crippen molar-refractivity contribution in [1.29, 1.82) is 0 Å². The van der Waals surface area contributed by atoms with E-state index in [0.717, 1.165) is 25.0 Å². The maximum absolute atomic E-state index is 12.8. The summed E-state index contributed by atoms with van der Waals surface area (Å²) < 4.78 is 11.6. The maximum atomic E-state index is 12.8. The van der Waals surface area contributed by atoms with Crippen LogP contribution in [0, 0.1) is 0 Å². The van der Waals surface area contributed by atoms with Gasteiger partial charge in [-0.1, -0.05) is 30.3 Å². The number of pyridine rings is 1. The van der Waals surface area contributed by atoms with E-state index in [2.05, 4.69) is 22.1 Å². The number of aromatic nitrogens is 2. The molecule has 1 aliphatic rings. The summed E-state index contributed by atoms with van der Waals surface area (Å²) in [7, 11) is 0. The molecule has 3 heterocycles. The number of piperidine rings is 1. The van der Waals surface area contributed by atoms with Gasteiger partial charge in [0, 0.05) is 19.2 Å². The fourth-order valence-corrected chi connectivity index (χ4v) is 3.50. The fraction of sp³-hybridized carbons (Fsp3) is 0.318. The average molecular weight is 377 g/mol. The zero-order chi connectivity index (χ0) is 19.2. The molecule has 1 atom stereocenters. The lowest BCUT2D eigenvalue weighted by Gasteiger charge is -2.33. The number of likely N-dealkylation sites (tertiary alicyclic amines) is 1. The van der Waals surface area contributed by atoms with Crippen LogP contribution in [0.15, 0.2) is 65.5 Å². The van der Waals surface area contributed by atoms with Crippen molar-refractivity contribution in [2.24, 2.45) is 0 Å². The zero-order valence-corrected chi connectivity index (χ0v) is 15.7. The van der Waals surface area contributed by atoms with E-state index in [0.29, 0.717) is 24.6 Å². The molecule has 3 aromatic rings. The first-order valence-corrected chi connectivity index (χ1v) is 9.60. The Kier molecular flexibility index (Phi) is 5.66. The largest absolute Gasteiger partial charge is 0.482 e. The summed E-state index contributed by atoms with van der Waals surface area (Å²) >= 11 is 0. The number of ether oxygens (including phenoxy) is 1. The lowest BCUT2D eigenvalue weighted by molar-refractivity contribution is -0.137. The number of benzene rings is 1. The molecule has 0 aliphatic carbocycles. The van der Waals surface area contributed by atoms with Crippen molar-refractivity contribution in [3.05, 3.63) is 78.3 Å². The lowest BCUT2D eigenvalue weighted by atomic mass is 10.0. The molecule has 1 aromatic carbocycles. The van der Waals surface area contributed by atoms with E-state index in [4.69, 9.17) is 9.15 Å². The number of hydrogen-bond acceptors (Lipinski definition) is 5. The van der Waals surface area contributed by atoms with Gasteiger partial charge in [0.25, 0.3) is 5.91 Å². The Bertz CT molecular complexity index is 896. The number of hydrogen-bond donors (Lipinski definition) is 0. The molecule has 1 fully saturated rings. The maximum Gasteiger partial charge on any atom is 0.261 e. The van der Waals surface area contributed by atoms with Gasteiger partial charge in [0.15, 0.2) is 6.61 Å². The van der Waals surface area contributed by atoms with Crippen LogP contribution in [0.1, 0.15) is 42.5 Å². The molecule has 144 valence electrons. The quantitative estimate of drug-likeness (QED) is 0.654. The first-order valence-electron chi connectivity index (χ1n) is 9.60. The molecule has 1 amide bonds. The van der Waals surface area contributed by atoms with E-state index in [-0.39, 0.29) is 18.6 Å². The number of carbonyl (C=O) groups is 1. The van der Waals surface area contributed by atoms with Crippen molar-refractivity contribution in [3.63, 3.8) is 0 Å². The third-order valence-corrected chi connectivity index (χ3v) is 4.90. The normalized spacial score (nSPS) is 16.7. The summed E-state index contributed by atoms with van der Waals surface area (Å²) in [5, 5.41) is 0. The SMILES string of the molecule is O=C(COc1cccnc1)N1CCCCC1c1ncc(Cc2ccccc2)o1. The predicted octanol–water partition coefficient (Wildman–Crippen LogP) is 3.79. The molecule has 4 rings (SSSR count). The molecule has 6 heteroatoms. The summed E-state index contributed by atoms with van der Waals surface area (Å²) in [4.78, 5) is 23.1. The minimum atomic E-state index is -0.136. The van der Waals surface area contributed by atoms with Gasteiger partial charge in [-0.05, 0) is 37.0 Å². The summed E-state index contributed by atoms with van der Waals surface area (Å²) in [5.74, 6) is 1.95. The highest BCUT2D eigenvalue weighted by molar-refractivity contribution is 5.78. The third-order valence-electron chi connectivity index (χ3n) is 4.90. The second-order valence-electron chi connectivity index (χ2n) is 6.90. The zero-order valence-electron chi connectivity index (χ0n) is 15.7. The lowest BCUT2D eigenvalue weighted by Crippen LogP contribution is -2.41. The van der Waals surface area contributed by atoms with Gasteiger partial charge in [0.2, 0.25) is 5.89 Å². The van der Waals surface area contributed by atoms with Gasteiger partial charge in [0.1, 0.15) is 17.6 Å². The molecule has 0 N–H and O–H groups in total. The number of carbonyl (C=O) groups excluding carboxylic acids is 1. The highest BCUT2D eigenvalue weighted by Crippen LogP contribution is 2.31. The third kappa shape index (κ3) is 4.39. The number of oxazole rings is 1. The second-order valence-corrected chi connectivity index (χ2v) is 6.90. The molecular formula is C22H23N3O3. The van der Waals surface area contributed by atoms with E-state index >= 15 is 0 Å². The fourth-order valence-electron chi connectivity index (χ4n) is 3.50. The molecule has 2 aromatic heterocycles. The van der Waals surface area contributed by atoms with Crippen LogP contribution >= 0.6 is 0 Å². The van der Waals surface area contributed by atoms with E-state index in [9.17, 15) is 4.79 Å². The second kappa shape index (κ2) is 8.69. The molecule has 0 spiro atoms. The Morgan fingerprint density at radius 3 is 2.86 bits per heavy atom. The summed E-state index contributed by atoms with van der Waals surface area (Å²) in [5.41, 5.74) is 1.17. The highest BCUT2D eigenvalue weighted by Gasteiger charge is 2.31. The summed E-state index contributed by atoms with van der Waals surface area (Å²) in [6, 6.07) is 13.6. The van der Waals surface area contributed by atoms with E-state index < -0.39 is 0 Å². The Balaban J connectivity index is 1.42. The van der Waals surface area contributed by atoms with Crippen molar-refractivity contribution >= 4 is 5.91 Å². The first kappa shape index (κ1) is 18.2. The number of amides is 1. The van der Waals surface area contributed by atoms with Crippen molar-refractivity contribution in [2.75, 3.05) is 13.2 Å². The van der Waals surface area contributed by atoms with Crippen molar-refractivity contribution in [2.45, 2.75) is 31.7 Å². The number of rotatable bonds is 6. The molecule has 6 nitrogen and oxygen atoms in total. The molecule has 0 radical (unpaired) electrons. The molecule has 0 saturated carbocycles. The van der Waals surface area contributed by atoms with Gasteiger partial charge in [0.05, 0.1) is 12.4 Å². The van der Waals surface area contributed by atoms with E-state index in [1.54, 1.807) is 30.7 Å². The monoisotopic (exact) mass is 377 g/mol. The van der Waals surface area contributed by atoms with Crippen LogP contribution in [0.5, 0.6) is 5.75 Å². The van der Waals surface area contributed by atoms with Crippen LogP contribution in [-0.4, -0.2) is 33.9 Å². The molecule has 1 unspecified atom stereocenters. The predicted molar refractivity (Wildman–Crippen MR) is 104 cm³/mol. The van der Waals surface area contributed by atoms with Crippen molar-refractivity contribution in [3.8, 4) is 5.75 Å². The van der Waals surface area contributed by atoms with Crippen molar-refractivity contribution in [1.82, 2.24) is 14.9 Å². The summed E-state index contributed by atoms with van der Waals surface area (Å²) in [6.07, 6.45) is 8.62. The molecule has 1 saturated heterocycles. The topological polar surface area (TPSA) is 68.5 Å². The van der Waals surface area contributed by atoms with Crippen LogP contribution in [0.4, 0.5) is 0 Å². The van der Waals surface area contributed by atoms with E-state index in [1.807, 2.05) is 23.1 Å². The molecule has 1 aliphatic heterocycles. The van der Waals surface area contributed by atoms with Gasteiger partial charge >= 0.3 is 0 Å². The van der Waals surface area contributed by atoms with Gasteiger partial charge in [-0.2, -0.15) is 0 Å². The van der Waals surface area contributed by atoms with Crippen LogP contribution in [0.3, 0.4) is 0 Å². The molecule has 28 heavy (non-hydrogen) atoms. The Labute approximate surface area is 164 Å². The minimum Gasteiger partial charge on any atom is -0.482 e. The van der Waals surface area contributed by atoms with Gasteiger partial charge in [-0.3, -0.25) is 9.78 Å². The Morgan fingerprint density at radius 1 is 1.14 bits per heavy atom. The highest BCUT2D eigenvalue weighted by atomic mass is 16.5. The first-order chi connectivity index (χ1) is 13.8. The van der Waals surface area contributed by atoms with Crippen LogP contribution in [0.25, 0.3) is 0 Å². The van der Waals surface area contributed by atoms with Crippen molar-refractivity contribution < 1.29 is 13.9 Å². The molecular weight excluding hydrogens is 354 g/mol. The smallest absolute Gasteiger partial charge is 0.261 e. The minimum absolute atomic E-state index is 0.0141. The Morgan fingerprint density at radius 2 is 2.04 bits per heavy atom. The van der Waals surface area contributed by atoms with Gasteiger partial charge < -0.3 is 14.1 Å². The summed E-state index contributed by atoms with van der Waals surface area (Å²) in [6.45, 7) is 0.677. The van der Waals surface area contributed by atoms with Crippen LogP contribution in [-0.2, 0) is 11.2 Å². The Hall–Kier alpha value is -3.15. The standard InChI is InChI=1S/C22H23N3O3/c26-21(16-27-18-9-6-11-23-14-18)25-12-5-4-10-20(25)22-24-15-19(28-22)13-17-7-2-1-3-8-17/h1-3,6-9,11,14-15,20H,4-5,10,12-13,16H2. The van der Waals surface area contributed by atoms with E-state index in [1.165, 1.54) is 5.56 Å². The van der Waals surface area contributed by atoms with Gasteiger partial charge in [-0.25, -0.2) is 4.98 Å². The van der Waals surface area contributed by atoms with Gasteiger partial charge in [-0.15, -0.1) is 0 Å². The number of nitrogens with zero attached hydrogens (tertiary/aromatic N) is 3. The van der Waals surface area contributed by atoms with Crippen LogP contribution < -0.4 is 4.74 Å². The van der Waals surface area contributed by atoms with Crippen LogP contribution in [0.2, 0.25) is 0 Å². The molecule has 0 bridgehead atoms.